The van der Waals surface area contributed by atoms with Gasteiger partial charge in [-0.2, -0.15) is 0 Å². The zero-order valence-electron chi connectivity index (χ0n) is 13.2. The number of amides is 1. The summed E-state index contributed by atoms with van der Waals surface area (Å²) in [4.78, 5) is 16.7. The van der Waals surface area contributed by atoms with Gasteiger partial charge in [0.05, 0.1) is 6.10 Å². The van der Waals surface area contributed by atoms with Crippen LogP contribution in [-0.2, 0) is 11.3 Å². The van der Waals surface area contributed by atoms with E-state index < -0.39 is 6.10 Å². The largest absolute Gasteiger partial charge is 0.390 e. The van der Waals surface area contributed by atoms with E-state index in [4.69, 9.17) is 0 Å². The summed E-state index contributed by atoms with van der Waals surface area (Å²) in [5, 5.41) is 10.3. The van der Waals surface area contributed by atoms with Gasteiger partial charge in [-0.25, -0.2) is 0 Å². The number of β-amino-alcohol motifs (C(OH)–C–C–N with tert-alkyl or cyclic N) is 1. The third kappa shape index (κ3) is 3.87. The molecule has 0 spiro atoms. The van der Waals surface area contributed by atoms with Gasteiger partial charge >= 0.3 is 0 Å². The van der Waals surface area contributed by atoms with Gasteiger partial charge in [0.2, 0.25) is 5.91 Å². The number of carbonyl (C=O) groups is 1. The molecule has 2 aliphatic rings. The Morgan fingerprint density at radius 1 is 1.09 bits per heavy atom. The second kappa shape index (κ2) is 7.25. The van der Waals surface area contributed by atoms with Gasteiger partial charge in [-0.1, -0.05) is 43.2 Å². The minimum atomic E-state index is -0.448. The summed E-state index contributed by atoms with van der Waals surface area (Å²) in [6.45, 7) is 3.54. The highest BCUT2D eigenvalue weighted by Crippen LogP contribution is 2.27. The molecule has 1 aromatic rings. The fourth-order valence-electron chi connectivity index (χ4n) is 3.67. The van der Waals surface area contributed by atoms with Crippen LogP contribution in [-0.4, -0.2) is 53.1 Å². The fraction of sp³-hybridized carbons (Fsp3) is 0.611. The van der Waals surface area contributed by atoms with Crippen LogP contribution in [0.4, 0.5) is 0 Å². The lowest BCUT2D eigenvalue weighted by atomic mass is 10.1. The Hall–Kier alpha value is -1.39. The number of hydrogen-bond donors (Lipinski definition) is 1. The summed E-state index contributed by atoms with van der Waals surface area (Å²) in [6, 6.07) is 10.3. The van der Waals surface area contributed by atoms with Gasteiger partial charge in [-0.3, -0.25) is 9.69 Å². The Labute approximate surface area is 132 Å². The van der Waals surface area contributed by atoms with Crippen LogP contribution < -0.4 is 0 Å². The zero-order chi connectivity index (χ0) is 15.4. The van der Waals surface area contributed by atoms with Crippen LogP contribution in [0.25, 0.3) is 0 Å². The average molecular weight is 302 g/mol. The highest BCUT2D eigenvalue weighted by Gasteiger charge is 2.30. The van der Waals surface area contributed by atoms with Crippen molar-refractivity contribution < 1.29 is 9.90 Å². The normalized spacial score (nSPS) is 24.4. The topological polar surface area (TPSA) is 43.8 Å². The molecule has 0 bridgehead atoms. The van der Waals surface area contributed by atoms with Gasteiger partial charge in [0.1, 0.15) is 0 Å². The number of benzene rings is 1. The molecule has 0 aromatic heterocycles. The van der Waals surface area contributed by atoms with Crippen LogP contribution in [0, 0.1) is 5.92 Å². The van der Waals surface area contributed by atoms with E-state index in [0.717, 1.165) is 32.5 Å². The molecule has 22 heavy (non-hydrogen) atoms. The molecule has 4 heteroatoms. The predicted molar refractivity (Wildman–Crippen MR) is 86.3 cm³/mol. The van der Waals surface area contributed by atoms with E-state index in [2.05, 4.69) is 17.0 Å². The van der Waals surface area contributed by atoms with Crippen molar-refractivity contribution in [3.05, 3.63) is 35.9 Å². The molecule has 0 radical (unpaired) electrons. The molecular weight excluding hydrogens is 276 g/mol. The molecule has 1 N–H and O–H groups in total. The monoisotopic (exact) mass is 302 g/mol. The van der Waals surface area contributed by atoms with Crippen LogP contribution in [0.1, 0.15) is 31.2 Å². The van der Waals surface area contributed by atoms with Crippen molar-refractivity contribution in [2.45, 2.75) is 38.3 Å². The van der Waals surface area contributed by atoms with Gasteiger partial charge in [0.25, 0.3) is 0 Å². The molecule has 1 saturated heterocycles. The fourth-order valence-corrected chi connectivity index (χ4v) is 3.67. The standard InChI is InChI=1S/C18H26N2O2/c21-17-13-19(12-15-6-2-1-3-7-15)10-11-20(14-17)18(22)16-8-4-5-9-16/h1-3,6-7,16-17,21H,4-5,8-14H2/t17-/m1/s1. The lowest BCUT2D eigenvalue weighted by Gasteiger charge is -2.25. The number of aliphatic hydroxyl groups excluding tert-OH is 1. The lowest BCUT2D eigenvalue weighted by Crippen LogP contribution is -2.40. The van der Waals surface area contributed by atoms with Crippen LogP contribution in [0.2, 0.25) is 0 Å². The third-order valence-corrected chi connectivity index (χ3v) is 4.85. The first-order valence-electron chi connectivity index (χ1n) is 8.45. The van der Waals surface area contributed by atoms with Crippen molar-refractivity contribution in [1.82, 2.24) is 9.80 Å². The summed E-state index contributed by atoms with van der Waals surface area (Å²) >= 11 is 0. The van der Waals surface area contributed by atoms with E-state index >= 15 is 0 Å². The molecule has 4 nitrogen and oxygen atoms in total. The maximum atomic E-state index is 12.6. The molecule has 1 atom stereocenters. The van der Waals surface area contributed by atoms with Gasteiger partial charge in [-0.15, -0.1) is 0 Å². The Morgan fingerprint density at radius 2 is 1.82 bits per heavy atom. The van der Waals surface area contributed by atoms with E-state index in [1.807, 2.05) is 23.1 Å². The molecule has 1 aliphatic heterocycles. The lowest BCUT2D eigenvalue weighted by molar-refractivity contribution is -0.136. The summed E-state index contributed by atoms with van der Waals surface area (Å²) in [5.41, 5.74) is 1.25. The minimum absolute atomic E-state index is 0.202. The molecule has 0 unspecified atom stereocenters. The van der Waals surface area contributed by atoms with Gasteiger partial charge in [-0.05, 0) is 18.4 Å². The molecule has 1 saturated carbocycles. The maximum Gasteiger partial charge on any atom is 0.225 e. The van der Waals surface area contributed by atoms with Gasteiger partial charge < -0.3 is 10.0 Å². The molecular formula is C18H26N2O2. The maximum absolute atomic E-state index is 12.6. The molecule has 1 aromatic carbocycles. The van der Waals surface area contributed by atoms with Crippen LogP contribution in [0.5, 0.6) is 0 Å². The summed E-state index contributed by atoms with van der Waals surface area (Å²) < 4.78 is 0. The quantitative estimate of drug-likeness (QED) is 0.927. The zero-order valence-corrected chi connectivity index (χ0v) is 13.2. The van der Waals surface area contributed by atoms with Crippen molar-refractivity contribution in [2.75, 3.05) is 26.2 Å². The number of carbonyl (C=O) groups excluding carboxylic acids is 1. The Bertz CT molecular complexity index is 485. The van der Waals surface area contributed by atoms with E-state index in [0.29, 0.717) is 13.1 Å². The summed E-state index contributed by atoms with van der Waals surface area (Å²) in [6.07, 6.45) is 3.95. The molecule has 2 fully saturated rings. The Balaban J connectivity index is 1.59. The molecule has 3 rings (SSSR count). The van der Waals surface area contributed by atoms with Crippen molar-refractivity contribution in [2.24, 2.45) is 5.92 Å². The number of nitrogens with zero attached hydrogens (tertiary/aromatic N) is 2. The summed E-state index contributed by atoms with van der Waals surface area (Å²) in [7, 11) is 0. The molecule has 1 aliphatic carbocycles. The van der Waals surface area contributed by atoms with Crippen molar-refractivity contribution in [1.29, 1.82) is 0 Å². The van der Waals surface area contributed by atoms with Crippen molar-refractivity contribution in [3.63, 3.8) is 0 Å². The highest BCUT2D eigenvalue weighted by molar-refractivity contribution is 5.79. The minimum Gasteiger partial charge on any atom is -0.390 e. The average Bonchev–Trinajstić information content (AvgIpc) is 2.99. The first-order chi connectivity index (χ1) is 10.7. The van der Waals surface area contributed by atoms with Crippen LogP contribution >= 0.6 is 0 Å². The molecule has 1 heterocycles. The molecule has 120 valence electrons. The SMILES string of the molecule is O=C(C1CCCC1)N1CCN(Cc2ccccc2)C[C@@H](O)C1. The van der Waals surface area contributed by atoms with E-state index in [9.17, 15) is 9.90 Å². The Morgan fingerprint density at radius 3 is 2.55 bits per heavy atom. The highest BCUT2D eigenvalue weighted by atomic mass is 16.3. The van der Waals surface area contributed by atoms with Crippen molar-refractivity contribution >= 4 is 5.91 Å². The van der Waals surface area contributed by atoms with Gasteiger partial charge in [0.15, 0.2) is 0 Å². The number of hydrogen-bond acceptors (Lipinski definition) is 3. The second-order valence-electron chi connectivity index (χ2n) is 6.64. The Kier molecular flexibility index (Phi) is 5.11. The number of aliphatic hydroxyl groups is 1. The first kappa shape index (κ1) is 15.5. The second-order valence-corrected chi connectivity index (χ2v) is 6.64. The third-order valence-electron chi connectivity index (χ3n) is 4.85. The smallest absolute Gasteiger partial charge is 0.225 e. The predicted octanol–water partition coefficient (Wildman–Crippen LogP) is 1.88. The van der Waals surface area contributed by atoms with Crippen LogP contribution in [0.15, 0.2) is 30.3 Å². The van der Waals surface area contributed by atoms with E-state index in [1.165, 1.54) is 18.4 Å². The number of rotatable bonds is 3. The first-order valence-corrected chi connectivity index (χ1v) is 8.45. The van der Waals surface area contributed by atoms with E-state index in [1.54, 1.807) is 0 Å². The van der Waals surface area contributed by atoms with Gasteiger partial charge in [0, 0.05) is 38.6 Å². The summed E-state index contributed by atoms with van der Waals surface area (Å²) in [5.74, 6) is 0.464. The van der Waals surface area contributed by atoms with E-state index in [-0.39, 0.29) is 11.8 Å². The van der Waals surface area contributed by atoms with Crippen molar-refractivity contribution in [3.8, 4) is 0 Å². The van der Waals surface area contributed by atoms with Crippen LogP contribution in [0.3, 0.4) is 0 Å². The molecule has 1 amide bonds.